The molecule has 0 aliphatic heterocycles. The second kappa shape index (κ2) is 7.68. The van der Waals surface area contributed by atoms with Crippen LogP contribution in [0, 0.1) is 0 Å². The second-order valence-corrected chi connectivity index (χ2v) is 5.88. The lowest BCUT2D eigenvalue weighted by atomic mass is 10.0. The van der Waals surface area contributed by atoms with Crippen LogP contribution >= 0.6 is 0 Å². The summed E-state index contributed by atoms with van der Waals surface area (Å²) < 4.78 is 0. The van der Waals surface area contributed by atoms with Crippen LogP contribution in [0.25, 0.3) is 11.1 Å². The fourth-order valence-corrected chi connectivity index (χ4v) is 2.75. The third-order valence-corrected chi connectivity index (χ3v) is 4.14. The summed E-state index contributed by atoms with van der Waals surface area (Å²) in [5.74, 6) is -0.392. The van der Waals surface area contributed by atoms with Crippen LogP contribution in [0.15, 0.2) is 73.3 Å². The molecule has 0 saturated heterocycles. The lowest BCUT2D eigenvalue weighted by Crippen LogP contribution is -2.35. The monoisotopic (exact) mass is 332 g/mol. The molecule has 0 aliphatic rings. The van der Waals surface area contributed by atoms with E-state index in [0.29, 0.717) is 0 Å². The molecule has 3 N–H and O–H groups in total. The van der Waals surface area contributed by atoms with Gasteiger partial charge in [0.05, 0.1) is 0 Å². The van der Waals surface area contributed by atoms with Crippen LogP contribution in [0.3, 0.4) is 0 Å². The van der Waals surface area contributed by atoms with E-state index in [1.807, 2.05) is 61.5 Å². The highest BCUT2D eigenvalue weighted by molar-refractivity contribution is 5.81. The van der Waals surface area contributed by atoms with Crippen LogP contribution < -0.4 is 11.1 Å². The fourth-order valence-electron chi connectivity index (χ4n) is 2.75. The first-order chi connectivity index (χ1) is 12.1. The standard InChI is InChI=1S/C20H20N4O/c1-14(24-19(20(21)25)17-5-3-2-4-6-17)15-7-9-16(10-8-15)18-11-22-13-23-12-18/h2-14,19,24H,1H3,(H2,21,25)/t14-,19+/m0/s1. The van der Waals surface area contributed by atoms with Gasteiger partial charge in [-0.25, -0.2) is 9.97 Å². The average molecular weight is 332 g/mol. The summed E-state index contributed by atoms with van der Waals surface area (Å²) in [6.07, 6.45) is 5.07. The molecule has 1 aromatic heterocycles. The number of benzene rings is 2. The molecule has 2 aromatic carbocycles. The molecule has 0 unspecified atom stereocenters. The molecule has 2 atom stereocenters. The molecule has 3 aromatic rings. The van der Waals surface area contributed by atoms with Crippen molar-refractivity contribution in [2.24, 2.45) is 5.73 Å². The van der Waals surface area contributed by atoms with Gasteiger partial charge in [-0.05, 0) is 23.6 Å². The average Bonchev–Trinajstić information content (AvgIpc) is 2.67. The quantitative estimate of drug-likeness (QED) is 0.727. The molecule has 1 amide bonds. The molecule has 0 bridgehead atoms. The molecular weight excluding hydrogens is 312 g/mol. The van der Waals surface area contributed by atoms with Crippen LogP contribution in [-0.4, -0.2) is 15.9 Å². The Kier molecular flexibility index (Phi) is 5.16. The highest BCUT2D eigenvalue weighted by Gasteiger charge is 2.20. The maximum atomic E-state index is 11.9. The van der Waals surface area contributed by atoms with Gasteiger partial charge in [0, 0.05) is 24.0 Å². The van der Waals surface area contributed by atoms with Crippen LogP contribution in [-0.2, 0) is 4.79 Å². The van der Waals surface area contributed by atoms with E-state index in [1.165, 1.54) is 6.33 Å². The third-order valence-electron chi connectivity index (χ3n) is 4.14. The Bertz CT molecular complexity index is 819. The van der Waals surface area contributed by atoms with Gasteiger partial charge in [-0.15, -0.1) is 0 Å². The first kappa shape index (κ1) is 16.8. The number of nitrogens with two attached hydrogens (primary N) is 1. The van der Waals surface area contributed by atoms with Crippen molar-refractivity contribution in [2.45, 2.75) is 19.0 Å². The van der Waals surface area contributed by atoms with Gasteiger partial charge in [0.1, 0.15) is 12.4 Å². The largest absolute Gasteiger partial charge is 0.368 e. The Labute approximate surface area is 146 Å². The summed E-state index contributed by atoms with van der Waals surface area (Å²) in [4.78, 5) is 19.9. The summed E-state index contributed by atoms with van der Waals surface area (Å²) in [7, 11) is 0. The predicted molar refractivity (Wildman–Crippen MR) is 97.4 cm³/mol. The van der Waals surface area contributed by atoms with E-state index in [0.717, 1.165) is 22.3 Å². The summed E-state index contributed by atoms with van der Waals surface area (Å²) >= 11 is 0. The number of amides is 1. The second-order valence-electron chi connectivity index (χ2n) is 5.88. The van der Waals surface area contributed by atoms with E-state index >= 15 is 0 Å². The first-order valence-corrected chi connectivity index (χ1v) is 8.11. The highest BCUT2D eigenvalue weighted by atomic mass is 16.1. The number of primary amides is 1. The number of aromatic nitrogens is 2. The zero-order chi connectivity index (χ0) is 17.6. The number of hydrogen-bond donors (Lipinski definition) is 2. The number of nitrogens with zero attached hydrogens (tertiary/aromatic N) is 2. The zero-order valence-electron chi connectivity index (χ0n) is 14.0. The van der Waals surface area contributed by atoms with Crippen molar-refractivity contribution in [3.05, 3.63) is 84.4 Å². The summed E-state index contributed by atoms with van der Waals surface area (Å²) in [5.41, 5.74) is 9.53. The molecule has 3 rings (SSSR count). The fraction of sp³-hybridized carbons (Fsp3) is 0.150. The smallest absolute Gasteiger partial charge is 0.239 e. The number of hydrogen-bond acceptors (Lipinski definition) is 4. The molecule has 126 valence electrons. The Morgan fingerprint density at radius 3 is 2.16 bits per heavy atom. The maximum Gasteiger partial charge on any atom is 0.239 e. The summed E-state index contributed by atoms with van der Waals surface area (Å²) in [6.45, 7) is 2.01. The van der Waals surface area contributed by atoms with Crippen molar-refractivity contribution in [2.75, 3.05) is 0 Å². The SMILES string of the molecule is C[C@H](N[C@@H](C(N)=O)c1ccccc1)c1ccc(-c2cncnc2)cc1. The van der Waals surface area contributed by atoms with Crippen LogP contribution in [0.5, 0.6) is 0 Å². The molecule has 0 spiro atoms. The maximum absolute atomic E-state index is 11.9. The van der Waals surface area contributed by atoms with E-state index in [2.05, 4.69) is 15.3 Å². The predicted octanol–water partition coefficient (Wildman–Crippen LogP) is 3.02. The molecule has 0 saturated carbocycles. The molecule has 1 heterocycles. The van der Waals surface area contributed by atoms with Crippen molar-refractivity contribution in [1.29, 1.82) is 0 Å². The Balaban J connectivity index is 1.76. The van der Waals surface area contributed by atoms with E-state index in [9.17, 15) is 4.79 Å². The van der Waals surface area contributed by atoms with Crippen molar-refractivity contribution >= 4 is 5.91 Å². The van der Waals surface area contributed by atoms with Crippen LogP contribution in [0.4, 0.5) is 0 Å². The van der Waals surface area contributed by atoms with Crippen molar-refractivity contribution in [1.82, 2.24) is 15.3 Å². The number of rotatable bonds is 6. The normalized spacial score (nSPS) is 13.2. The lowest BCUT2D eigenvalue weighted by molar-refractivity contribution is -0.120. The molecule has 25 heavy (non-hydrogen) atoms. The first-order valence-electron chi connectivity index (χ1n) is 8.11. The van der Waals surface area contributed by atoms with Gasteiger partial charge >= 0.3 is 0 Å². The van der Waals surface area contributed by atoms with E-state index < -0.39 is 11.9 Å². The van der Waals surface area contributed by atoms with Crippen LogP contribution in [0.2, 0.25) is 0 Å². The Hall–Kier alpha value is -3.05. The molecule has 0 aliphatic carbocycles. The van der Waals surface area contributed by atoms with Gasteiger partial charge < -0.3 is 5.73 Å². The summed E-state index contributed by atoms with van der Waals surface area (Å²) in [5, 5.41) is 3.31. The number of carbonyl (C=O) groups excluding carboxylic acids is 1. The van der Waals surface area contributed by atoms with Gasteiger partial charge in [-0.1, -0.05) is 54.6 Å². The van der Waals surface area contributed by atoms with Gasteiger partial charge in [0.15, 0.2) is 0 Å². The summed E-state index contributed by atoms with van der Waals surface area (Å²) in [6, 6.07) is 17.0. The molecule has 0 radical (unpaired) electrons. The minimum atomic E-state index is -0.529. The van der Waals surface area contributed by atoms with Crippen LogP contribution in [0.1, 0.15) is 30.1 Å². The zero-order valence-corrected chi connectivity index (χ0v) is 14.0. The van der Waals surface area contributed by atoms with E-state index in [-0.39, 0.29) is 6.04 Å². The molecular formula is C20H20N4O. The minimum Gasteiger partial charge on any atom is -0.368 e. The number of carbonyl (C=O) groups is 1. The van der Waals surface area contributed by atoms with E-state index in [4.69, 9.17) is 5.73 Å². The third kappa shape index (κ3) is 4.08. The van der Waals surface area contributed by atoms with Crippen molar-refractivity contribution in [3.63, 3.8) is 0 Å². The number of nitrogens with one attached hydrogen (secondary N) is 1. The highest BCUT2D eigenvalue weighted by Crippen LogP contribution is 2.23. The molecule has 5 heteroatoms. The van der Waals surface area contributed by atoms with Crippen molar-refractivity contribution < 1.29 is 4.79 Å². The topological polar surface area (TPSA) is 80.9 Å². The lowest BCUT2D eigenvalue weighted by Gasteiger charge is -2.22. The van der Waals surface area contributed by atoms with Crippen molar-refractivity contribution in [3.8, 4) is 11.1 Å². The Morgan fingerprint density at radius 1 is 0.920 bits per heavy atom. The van der Waals surface area contributed by atoms with Gasteiger partial charge in [-0.2, -0.15) is 0 Å². The minimum absolute atomic E-state index is 0.0289. The Morgan fingerprint density at radius 2 is 1.56 bits per heavy atom. The van der Waals surface area contributed by atoms with E-state index in [1.54, 1.807) is 12.4 Å². The van der Waals surface area contributed by atoms with Gasteiger partial charge in [-0.3, -0.25) is 10.1 Å². The van der Waals surface area contributed by atoms with Gasteiger partial charge in [0.25, 0.3) is 0 Å². The van der Waals surface area contributed by atoms with Gasteiger partial charge in [0.2, 0.25) is 5.91 Å². The molecule has 0 fully saturated rings. The molecule has 5 nitrogen and oxygen atoms in total.